The lowest BCUT2D eigenvalue weighted by Crippen LogP contribution is -2.26. The molecule has 0 aliphatic carbocycles. The molecule has 4 nitrogen and oxygen atoms in total. The number of halogens is 3. The van der Waals surface area contributed by atoms with E-state index in [4.69, 9.17) is 0 Å². The monoisotopic (exact) mass is 348 g/mol. The smallest absolute Gasteiger partial charge is 0.284 e. The molecule has 1 heterocycles. The van der Waals surface area contributed by atoms with Crippen LogP contribution >= 0.6 is 0 Å². The van der Waals surface area contributed by atoms with E-state index in [2.05, 4.69) is 0 Å². The molecule has 0 saturated heterocycles. The first-order chi connectivity index (χ1) is 11.9. The fourth-order valence-electron chi connectivity index (χ4n) is 3.01. The maximum absolute atomic E-state index is 13.2. The van der Waals surface area contributed by atoms with E-state index in [0.717, 1.165) is 11.6 Å². The molecule has 7 heteroatoms. The normalized spacial score (nSPS) is 18.2. The van der Waals surface area contributed by atoms with Crippen molar-refractivity contribution in [2.24, 2.45) is 0 Å². The topological polar surface area (TPSA) is 46.4 Å². The van der Waals surface area contributed by atoms with Gasteiger partial charge in [-0.2, -0.15) is 13.2 Å². The Morgan fingerprint density at radius 1 is 1.08 bits per heavy atom. The third kappa shape index (κ3) is 3.71. The Hall–Kier alpha value is -2.67. The van der Waals surface area contributed by atoms with Crippen LogP contribution in [0.15, 0.2) is 66.2 Å². The predicted octanol–water partition coefficient (Wildman–Crippen LogP) is 4.64. The van der Waals surface area contributed by atoms with Crippen LogP contribution in [0.2, 0.25) is 0 Å². The summed E-state index contributed by atoms with van der Waals surface area (Å²) >= 11 is 0. The van der Waals surface area contributed by atoms with Crippen LogP contribution in [0.4, 0.5) is 18.9 Å². The van der Waals surface area contributed by atoms with Crippen LogP contribution < -0.4 is 0 Å². The average molecular weight is 348 g/mol. The number of nitro benzene ring substituents is 1. The van der Waals surface area contributed by atoms with Gasteiger partial charge in [0.1, 0.15) is 0 Å². The number of rotatable bonds is 4. The molecule has 0 fully saturated rings. The quantitative estimate of drug-likeness (QED) is 0.459. The molecule has 0 amide bonds. The zero-order valence-corrected chi connectivity index (χ0v) is 13.1. The van der Waals surface area contributed by atoms with Crippen LogP contribution in [0.25, 0.3) is 0 Å². The van der Waals surface area contributed by atoms with E-state index in [1.165, 1.54) is 18.2 Å². The van der Waals surface area contributed by atoms with Crippen molar-refractivity contribution >= 4 is 5.69 Å². The number of nitro groups is 1. The molecule has 0 bridgehead atoms. The lowest BCUT2D eigenvalue weighted by molar-refractivity contribution is -0.385. The van der Waals surface area contributed by atoms with Crippen LogP contribution in [0, 0.1) is 10.1 Å². The molecule has 3 rings (SSSR count). The van der Waals surface area contributed by atoms with Gasteiger partial charge in [-0.15, -0.1) is 0 Å². The number of benzene rings is 2. The third-order valence-electron chi connectivity index (χ3n) is 4.17. The zero-order valence-electron chi connectivity index (χ0n) is 13.1. The largest absolute Gasteiger partial charge is 0.413 e. The lowest BCUT2D eigenvalue weighted by atomic mass is 10.0. The van der Waals surface area contributed by atoms with E-state index in [-0.39, 0.29) is 24.3 Å². The van der Waals surface area contributed by atoms with Gasteiger partial charge in [0.15, 0.2) is 0 Å². The molecule has 25 heavy (non-hydrogen) atoms. The summed E-state index contributed by atoms with van der Waals surface area (Å²) < 4.78 is 39.6. The minimum atomic E-state index is -4.45. The van der Waals surface area contributed by atoms with E-state index in [1.807, 2.05) is 30.3 Å². The summed E-state index contributed by atoms with van der Waals surface area (Å²) in [6, 6.07) is 14.2. The number of alkyl halides is 3. The molecule has 1 atom stereocenters. The summed E-state index contributed by atoms with van der Waals surface area (Å²) in [7, 11) is 0. The second-order valence-corrected chi connectivity index (χ2v) is 5.84. The summed E-state index contributed by atoms with van der Waals surface area (Å²) in [6.07, 6.45) is -3.36. The van der Waals surface area contributed by atoms with Gasteiger partial charge >= 0.3 is 6.18 Å². The molecule has 0 radical (unpaired) electrons. The molecule has 2 aromatic carbocycles. The van der Waals surface area contributed by atoms with Crippen molar-refractivity contribution in [2.75, 3.05) is 6.54 Å². The van der Waals surface area contributed by atoms with Crippen molar-refractivity contribution in [2.45, 2.75) is 18.8 Å². The molecule has 0 spiro atoms. The van der Waals surface area contributed by atoms with Crippen molar-refractivity contribution in [3.05, 3.63) is 87.5 Å². The molecule has 1 unspecified atom stereocenters. The standard InChI is InChI=1S/C18H15F3N2O2/c19-18(20,21)14-10-17(15-8-4-5-9-16(15)23(24)25)22(12-14)11-13-6-2-1-3-7-13/h1-10,17H,11-12H2. The average Bonchev–Trinajstić information content (AvgIpc) is 3.00. The van der Waals surface area contributed by atoms with Gasteiger partial charge in [0.25, 0.3) is 5.69 Å². The Bertz CT molecular complexity index is 803. The summed E-state index contributed by atoms with van der Waals surface area (Å²) in [5, 5.41) is 11.3. The van der Waals surface area contributed by atoms with Crippen molar-refractivity contribution < 1.29 is 18.1 Å². The van der Waals surface area contributed by atoms with Crippen molar-refractivity contribution in [1.29, 1.82) is 0 Å². The Morgan fingerprint density at radius 3 is 2.36 bits per heavy atom. The Kier molecular flexibility index (Phi) is 4.59. The van der Waals surface area contributed by atoms with Gasteiger partial charge < -0.3 is 0 Å². The van der Waals surface area contributed by atoms with E-state index < -0.39 is 22.7 Å². The summed E-state index contributed by atoms with van der Waals surface area (Å²) in [6.45, 7) is -0.0251. The molecule has 0 N–H and O–H groups in total. The summed E-state index contributed by atoms with van der Waals surface area (Å²) in [4.78, 5) is 12.3. The van der Waals surface area contributed by atoms with Crippen LogP contribution in [-0.4, -0.2) is 22.5 Å². The molecular weight excluding hydrogens is 333 g/mol. The molecule has 1 aliphatic rings. The zero-order chi connectivity index (χ0) is 18.0. The second kappa shape index (κ2) is 6.68. The van der Waals surface area contributed by atoms with Crippen LogP contribution in [-0.2, 0) is 6.54 Å². The van der Waals surface area contributed by atoms with Gasteiger partial charge in [-0.1, -0.05) is 54.6 Å². The molecule has 1 aliphatic heterocycles. The number of hydrogen-bond donors (Lipinski definition) is 0. The molecule has 0 saturated carbocycles. The summed E-state index contributed by atoms with van der Waals surface area (Å²) in [5.41, 5.74) is 0.266. The minimum Gasteiger partial charge on any atom is -0.284 e. The highest BCUT2D eigenvalue weighted by molar-refractivity contribution is 5.46. The van der Waals surface area contributed by atoms with E-state index in [0.29, 0.717) is 0 Å². The van der Waals surface area contributed by atoms with Crippen molar-refractivity contribution in [3.8, 4) is 0 Å². The van der Waals surface area contributed by atoms with E-state index in [9.17, 15) is 23.3 Å². The molecular formula is C18H15F3N2O2. The number of hydrogen-bond acceptors (Lipinski definition) is 3. The molecule has 2 aromatic rings. The number of para-hydroxylation sites is 1. The first-order valence-electron chi connectivity index (χ1n) is 7.65. The Balaban J connectivity index is 1.99. The maximum atomic E-state index is 13.2. The SMILES string of the molecule is O=[N+]([O-])c1ccccc1C1C=C(C(F)(F)F)CN1Cc1ccccc1. The van der Waals surface area contributed by atoms with Crippen molar-refractivity contribution in [3.63, 3.8) is 0 Å². The van der Waals surface area contributed by atoms with Crippen LogP contribution in [0.1, 0.15) is 17.2 Å². The highest BCUT2D eigenvalue weighted by Crippen LogP contribution is 2.41. The first-order valence-corrected chi connectivity index (χ1v) is 7.65. The highest BCUT2D eigenvalue weighted by Gasteiger charge is 2.41. The Labute approximate surface area is 142 Å². The van der Waals surface area contributed by atoms with Gasteiger partial charge in [0.05, 0.1) is 16.5 Å². The lowest BCUT2D eigenvalue weighted by Gasteiger charge is -2.25. The fraction of sp³-hybridized carbons (Fsp3) is 0.222. The maximum Gasteiger partial charge on any atom is 0.413 e. The summed E-state index contributed by atoms with van der Waals surface area (Å²) in [5.74, 6) is 0. The second-order valence-electron chi connectivity index (χ2n) is 5.84. The predicted molar refractivity (Wildman–Crippen MR) is 86.8 cm³/mol. The van der Waals surface area contributed by atoms with Gasteiger partial charge in [-0.25, -0.2) is 0 Å². The van der Waals surface area contributed by atoms with Gasteiger partial charge in [-0.05, 0) is 5.56 Å². The fourth-order valence-corrected chi connectivity index (χ4v) is 3.01. The van der Waals surface area contributed by atoms with Gasteiger partial charge in [-0.3, -0.25) is 15.0 Å². The minimum absolute atomic E-state index is 0.176. The van der Waals surface area contributed by atoms with Crippen molar-refractivity contribution in [1.82, 2.24) is 4.90 Å². The Morgan fingerprint density at radius 2 is 1.72 bits per heavy atom. The van der Waals surface area contributed by atoms with Crippen LogP contribution in [0.3, 0.4) is 0 Å². The van der Waals surface area contributed by atoms with Gasteiger partial charge in [0, 0.05) is 24.7 Å². The van der Waals surface area contributed by atoms with Crippen LogP contribution in [0.5, 0.6) is 0 Å². The first kappa shape index (κ1) is 17.2. The third-order valence-corrected chi connectivity index (χ3v) is 4.17. The van der Waals surface area contributed by atoms with E-state index in [1.54, 1.807) is 11.0 Å². The molecule has 0 aromatic heterocycles. The van der Waals surface area contributed by atoms with Gasteiger partial charge in [0.2, 0.25) is 0 Å². The number of nitrogens with zero attached hydrogens (tertiary/aromatic N) is 2. The highest BCUT2D eigenvalue weighted by atomic mass is 19.4. The van der Waals surface area contributed by atoms with E-state index >= 15 is 0 Å². The molecule has 130 valence electrons.